The SMILES string of the molecule is CC(N)C1=Cc2cccc(Cl)c2CN1c1ccc(F)cc1. The number of fused-ring (bicyclic) bond motifs is 1. The van der Waals surface area contributed by atoms with Gasteiger partial charge in [0.25, 0.3) is 0 Å². The lowest BCUT2D eigenvalue weighted by molar-refractivity contribution is 0.627. The molecule has 1 unspecified atom stereocenters. The largest absolute Gasteiger partial charge is 0.339 e. The molecule has 2 aromatic rings. The van der Waals surface area contributed by atoms with Gasteiger partial charge in [-0.2, -0.15) is 0 Å². The Morgan fingerprint density at radius 1 is 1.19 bits per heavy atom. The van der Waals surface area contributed by atoms with Crippen molar-refractivity contribution in [3.63, 3.8) is 0 Å². The van der Waals surface area contributed by atoms with Gasteiger partial charge in [0.2, 0.25) is 0 Å². The first-order chi connectivity index (χ1) is 10.1. The summed E-state index contributed by atoms with van der Waals surface area (Å²) >= 11 is 6.30. The normalized spacial score (nSPS) is 15.4. The fourth-order valence-corrected chi connectivity index (χ4v) is 2.84. The maximum Gasteiger partial charge on any atom is 0.123 e. The van der Waals surface area contributed by atoms with Gasteiger partial charge in [-0.1, -0.05) is 23.7 Å². The molecule has 1 atom stereocenters. The molecule has 2 N–H and O–H groups in total. The zero-order valence-electron chi connectivity index (χ0n) is 11.7. The topological polar surface area (TPSA) is 29.3 Å². The van der Waals surface area contributed by atoms with Gasteiger partial charge < -0.3 is 10.6 Å². The van der Waals surface area contributed by atoms with Crippen LogP contribution < -0.4 is 10.6 Å². The number of benzene rings is 2. The van der Waals surface area contributed by atoms with Gasteiger partial charge in [-0.25, -0.2) is 4.39 Å². The van der Waals surface area contributed by atoms with Crippen molar-refractivity contribution in [3.05, 3.63) is 70.1 Å². The molecule has 0 bridgehead atoms. The molecule has 1 aliphatic rings. The summed E-state index contributed by atoms with van der Waals surface area (Å²) in [6, 6.07) is 12.2. The lowest BCUT2D eigenvalue weighted by atomic mass is 9.98. The Bertz CT molecular complexity index is 692. The van der Waals surface area contributed by atoms with Crippen molar-refractivity contribution in [3.8, 4) is 0 Å². The van der Waals surface area contributed by atoms with Gasteiger partial charge >= 0.3 is 0 Å². The Morgan fingerprint density at radius 2 is 1.90 bits per heavy atom. The summed E-state index contributed by atoms with van der Waals surface area (Å²) in [6.45, 7) is 2.58. The van der Waals surface area contributed by atoms with Crippen LogP contribution in [0.3, 0.4) is 0 Å². The molecule has 2 aromatic carbocycles. The lowest BCUT2D eigenvalue weighted by Crippen LogP contribution is -2.35. The van der Waals surface area contributed by atoms with Crippen molar-refractivity contribution in [2.45, 2.75) is 19.5 Å². The average molecular weight is 303 g/mol. The number of nitrogens with two attached hydrogens (primary N) is 1. The van der Waals surface area contributed by atoms with E-state index in [2.05, 4.69) is 11.0 Å². The highest BCUT2D eigenvalue weighted by molar-refractivity contribution is 6.31. The monoisotopic (exact) mass is 302 g/mol. The Kier molecular flexibility index (Phi) is 3.70. The van der Waals surface area contributed by atoms with Crippen molar-refractivity contribution < 1.29 is 4.39 Å². The Morgan fingerprint density at radius 3 is 2.57 bits per heavy atom. The van der Waals surface area contributed by atoms with E-state index in [0.29, 0.717) is 6.54 Å². The third-order valence-corrected chi connectivity index (χ3v) is 4.05. The van der Waals surface area contributed by atoms with Crippen LogP contribution in [0.15, 0.2) is 48.2 Å². The minimum absolute atomic E-state index is 0.123. The van der Waals surface area contributed by atoms with Crippen molar-refractivity contribution in [1.29, 1.82) is 0 Å². The quantitative estimate of drug-likeness (QED) is 0.901. The van der Waals surface area contributed by atoms with Gasteiger partial charge in [-0.15, -0.1) is 0 Å². The molecule has 2 nitrogen and oxygen atoms in total. The number of hydrogen-bond donors (Lipinski definition) is 1. The second-order valence-corrected chi connectivity index (χ2v) is 5.64. The second-order valence-electron chi connectivity index (χ2n) is 5.23. The van der Waals surface area contributed by atoms with E-state index in [9.17, 15) is 4.39 Å². The zero-order chi connectivity index (χ0) is 15.0. The molecule has 1 heterocycles. The molecule has 0 saturated carbocycles. The minimum atomic E-state index is -0.250. The second kappa shape index (κ2) is 5.51. The van der Waals surface area contributed by atoms with E-state index >= 15 is 0 Å². The fourth-order valence-electron chi connectivity index (χ4n) is 2.60. The summed E-state index contributed by atoms with van der Waals surface area (Å²) in [5.74, 6) is -0.250. The first-order valence-corrected chi connectivity index (χ1v) is 7.22. The molecule has 0 fully saturated rings. The van der Waals surface area contributed by atoms with Gasteiger partial charge in [0.15, 0.2) is 0 Å². The first-order valence-electron chi connectivity index (χ1n) is 6.84. The van der Waals surface area contributed by atoms with Crippen LogP contribution in [0, 0.1) is 5.82 Å². The van der Waals surface area contributed by atoms with Gasteiger partial charge in [0.1, 0.15) is 5.82 Å². The minimum Gasteiger partial charge on any atom is -0.339 e. The number of rotatable bonds is 2. The standard InChI is InChI=1S/C17H16ClFN2/c1-11(20)17-9-12-3-2-4-16(18)15(12)10-21(17)14-7-5-13(19)6-8-14/h2-9,11H,10,20H2,1H3. The highest BCUT2D eigenvalue weighted by atomic mass is 35.5. The van der Waals surface area contributed by atoms with Crippen LogP contribution >= 0.6 is 11.6 Å². The van der Waals surface area contributed by atoms with Gasteiger partial charge in [-0.3, -0.25) is 0 Å². The van der Waals surface area contributed by atoms with E-state index in [1.165, 1.54) is 12.1 Å². The van der Waals surface area contributed by atoms with Crippen LogP contribution in [-0.2, 0) is 6.54 Å². The maximum absolute atomic E-state index is 13.1. The molecule has 1 aliphatic heterocycles. The Labute approximate surface area is 128 Å². The van der Waals surface area contributed by atoms with Crippen molar-refractivity contribution in [2.75, 3.05) is 4.90 Å². The number of nitrogens with zero attached hydrogens (tertiary/aromatic N) is 1. The smallest absolute Gasteiger partial charge is 0.123 e. The number of anilines is 1. The summed E-state index contributed by atoms with van der Waals surface area (Å²) < 4.78 is 13.1. The van der Waals surface area contributed by atoms with Crippen LogP contribution in [0.25, 0.3) is 6.08 Å². The fraction of sp³-hybridized carbons (Fsp3) is 0.176. The first kappa shape index (κ1) is 14.1. The molecule has 0 aliphatic carbocycles. The highest BCUT2D eigenvalue weighted by Gasteiger charge is 2.23. The van der Waals surface area contributed by atoms with Gasteiger partial charge in [-0.05, 0) is 54.5 Å². The van der Waals surface area contributed by atoms with Gasteiger partial charge in [0, 0.05) is 29.0 Å². The molecular formula is C17H16ClFN2. The predicted molar refractivity (Wildman–Crippen MR) is 85.7 cm³/mol. The maximum atomic E-state index is 13.1. The molecule has 4 heteroatoms. The van der Waals surface area contributed by atoms with Crippen molar-refractivity contribution >= 4 is 23.4 Å². The van der Waals surface area contributed by atoms with Crippen LogP contribution in [0.5, 0.6) is 0 Å². The molecule has 21 heavy (non-hydrogen) atoms. The van der Waals surface area contributed by atoms with Crippen molar-refractivity contribution in [1.82, 2.24) is 0 Å². The molecule has 0 radical (unpaired) electrons. The summed E-state index contributed by atoms with van der Waals surface area (Å²) in [5.41, 5.74) is 10.2. The van der Waals surface area contributed by atoms with E-state index in [4.69, 9.17) is 17.3 Å². The van der Waals surface area contributed by atoms with Crippen LogP contribution in [0.1, 0.15) is 18.1 Å². The highest BCUT2D eigenvalue weighted by Crippen LogP contribution is 2.34. The van der Waals surface area contributed by atoms with Crippen LogP contribution in [0.4, 0.5) is 10.1 Å². The third-order valence-electron chi connectivity index (χ3n) is 3.69. The number of halogens is 2. The number of hydrogen-bond acceptors (Lipinski definition) is 2. The predicted octanol–water partition coefficient (Wildman–Crippen LogP) is 4.19. The Hall–Kier alpha value is -1.84. The Balaban J connectivity index is 2.09. The summed E-state index contributed by atoms with van der Waals surface area (Å²) in [4.78, 5) is 2.08. The third kappa shape index (κ3) is 2.67. The van der Waals surface area contributed by atoms with Crippen LogP contribution in [0.2, 0.25) is 5.02 Å². The molecule has 108 valence electrons. The van der Waals surface area contributed by atoms with E-state index in [1.54, 1.807) is 12.1 Å². The summed E-state index contributed by atoms with van der Waals surface area (Å²) in [5, 5.41) is 0.736. The molecule has 0 amide bonds. The molecular weight excluding hydrogens is 287 g/mol. The molecule has 0 aromatic heterocycles. The molecule has 0 spiro atoms. The lowest BCUT2D eigenvalue weighted by Gasteiger charge is -2.34. The molecule has 0 saturated heterocycles. The average Bonchev–Trinajstić information content (AvgIpc) is 2.47. The van der Waals surface area contributed by atoms with E-state index in [0.717, 1.165) is 27.5 Å². The van der Waals surface area contributed by atoms with E-state index in [-0.39, 0.29) is 11.9 Å². The van der Waals surface area contributed by atoms with Gasteiger partial charge in [0.05, 0.1) is 0 Å². The molecule has 3 rings (SSSR count). The van der Waals surface area contributed by atoms with E-state index in [1.807, 2.05) is 25.1 Å². The summed E-state index contributed by atoms with van der Waals surface area (Å²) in [6.07, 6.45) is 2.05. The summed E-state index contributed by atoms with van der Waals surface area (Å²) in [7, 11) is 0. The van der Waals surface area contributed by atoms with E-state index < -0.39 is 0 Å². The zero-order valence-corrected chi connectivity index (χ0v) is 12.4. The van der Waals surface area contributed by atoms with Crippen molar-refractivity contribution in [2.24, 2.45) is 5.73 Å². The van der Waals surface area contributed by atoms with Crippen LogP contribution in [-0.4, -0.2) is 6.04 Å².